The van der Waals surface area contributed by atoms with E-state index >= 15 is 0 Å². The lowest BCUT2D eigenvalue weighted by molar-refractivity contribution is 0.490. The summed E-state index contributed by atoms with van der Waals surface area (Å²) in [5.41, 5.74) is 5.27. The first-order chi connectivity index (χ1) is 5.98. The van der Waals surface area contributed by atoms with Gasteiger partial charge in [-0.25, -0.2) is 9.98 Å². The second kappa shape index (κ2) is 6.08. The number of rotatable bonds is 5. The highest BCUT2D eigenvalue weighted by Gasteiger charge is 2.13. The Morgan fingerprint density at radius 2 is 2.23 bits per heavy atom. The van der Waals surface area contributed by atoms with Crippen LogP contribution in [0.25, 0.3) is 0 Å². The lowest BCUT2D eigenvalue weighted by atomic mass is 10.0. The number of halogens is 1. The Labute approximate surface area is 88.0 Å². The summed E-state index contributed by atoms with van der Waals surface area (Å²) >= 11 is 3.20. The summed E-state index contributed by atoms with van der Waals surface area (Å²) in [7, 11) is 0. The van der Waals surface area contributed by atoms with Crippen LogP contribution in [0, 0.1) is 0 Å². The van der Waals surface area contributed by atoms with Gasteiger partial charge < -0.3 is 5.73 Å². The lowest BCUT2D eigenvalue weighted by Gasteiger charge is -2.15. The second-order valence-electron chi connectivity index (χ2n) is 3.40. The van der Waals surface area contributed by atoms with Crippen LogP contribution in [0.1, 0.15) is 20.3 Å². The average molecular weight is 246 g/mol. The van der Waals surface area contributed by atoms with Crippen molar-refractivity contribution in [3.8, 4) is 0 Å². The Kier molecular flexibility index (Phi) is 5.88. The molecule has 0 unspecified atom stereocenters. The summed E-state index contributed by atoms with van der Waals surface area (Å²) < 4.78 is 0.826. The molecule has 0 aliphatic rings. The molecular weight excluding hydrogens is 230 g/mol. The Morgan fingerprint density at radius 3 is 2.69 bits per heavy atom. The number of nitrogens with zero attached hydrogens (tertiary/aromatic N) is 2. The molecule has 0 amide bonds. The van der Waals surface area contributed by atoms with Crippen LogP contribution in [0.4, 0.5) is 0 Å². The summed E-state index contributed by atoms with van der Waals surface area (Å²) in [6, 6.07) is 2.65. The molecule has 0 radical (unpaired) electrons. The van der Waals surface area contributed by atoms with Crippen LogP contribution in [0.3, 0.4) is 0 Å². The van der Waals surface area contributed by atoms with E-state index in [0.29, 0.717) is 13.1 Å². The summed E-state index contributed by atoms with van der Waals surface area (Å²) in [6.07, 6.45) is 0.838. The van der Waals surface area contributed by atoms with Crippen LogP contribution in [-0.2, 0) is 0 Å². The largest absolute Gasteiger partial charge is 0.330 e. The van der Waals surface area contributed by atoms with Crippen molar-refractivity contribution in [3.05, 3.63) is 11.1 Å². The molecule has 0 aromatic rings. The van der Waals surface area contributed by atoms with E-state index in [4.69, 9.17) is 5.73 Å². The van der Waals surface area contributed by atoms with E-state index in [2.05, 4.69) is 38.5 Å². The Balaban J connectivity index is 4.08. The van der Waals surface area contributed by atoms with Crippen LogP contribution < -0.4 is 5.73 Å². The van der Waals surface area contributed by atoms with Crippen LogP contribution >= 0.6 is 15.9 Å². The fourth-order valence-corrected chi connectivity index (χ4v) is 0.826. The van der Waals surface area contributed by atoms with Gasteiger partial charge in [0.25, 0.3) is 0 Å². The van der Waals surface area contributed by atoms with Crippen molar-refractivity contribution in [2.24, 2.45) is 15.7 Å². The molecule has 2 N–H and O–H groups in total. The predicted molar refractivity (Wildman–Crippen MR) is 60.5 cm³/mol. The monoisotopic (exact) mass is 245 g/mol. The summed E-state index contributed by atoms with van der Waals surface area (Å²) in [5.74, 6) is 0. The molecule has 0 saturated carbocycles. The maximum atomic E-state index is 5.43. The molecular formula is C9H16BrN3. The molecule has 0 rings (SSSR count). The van der Waals surface area contributed by atoms with Crippen molar-refractivity contribution in [1.29, 1.82) is 0 Å². The van der Waals surface area contributed by atoms with Gasteiger partial charge in [0.2, 0.25) is 0 Å². The molecule has 3 nitrogen and oxygen atoms in total. The van der Waals surface area contributed by atoms with Crippen molar-refractivity contribution < 1.29 is 0 Å². The van der Waals surface area contributed by atoms with Crippen molar-refractivity contribution in [3.63, 3.8) is 0 Å². The third-order valence-corrected chi connectivity index (χ3v) is 1.68. The highest BCUT2D eigenvalue weighted by atomic mass is 79.9. The highest BCUT2D eigenvalue weighted by molar-refractivity contribution is 9.11. The normalized spacial score (nSPS) is 10.5. The van der Waals surface area contributed by atoms with Crippen molar-refractivity contribution in [2.75, 3.05) is 13.1 Å². The van der Waals surface area contributed by atoms with E-state index in [-0.39, 0.29) is 5.54 Å². The lowest BCUT2D eigenvalue weighted by Crippen LogP contribution is -2.21. The van der Waals surface area contributed by atoms with Crippen molar-refractivity contribution >= 4 is 21.9 Å². The summed E-state index contributed by atoms with van der Waals surface area (Å²) in [6.45, 7) is 8.80. The van der Waals surface area contributed by atoms with Gasteiger partial charge in [-0.05, 0) is 26.8 Å². The first-order valence-corrected chi connectivity index (χ1v) is 4.94. The number of hydrogen-bond acceptors (Lipinski definition) is 3. The molecule has 74 valence electrons. The third kappa shape index (κ3) is 7.91. The van der Waals surface area contributed by atoms with E-state index in [1.807, 2.05) is 13.8 Å². The zero-order chi connectivity index (χ0) is 10.3. The smallest absolute Gasteiger partial charge is 0.0901 e. The standard InChI is InChI=1S/C9H16BrN3/c1-8(10)6-12-7-13-9(2,3)4-5-11/h1,4-6,11H2,2-3H3. The molecule has 4 heteroatoms. The van der Waals surface area contributed by atoms with Crippen molar-refractivity contribution in [1.82, 2.24) is 0 Å². The predicted octanol–water partition coefficient (Wildman–Crippen LogP) is 2.20. The average Bonchev–Trinajstić information content (AvgIpc) is 1.98. The molecule has 0 fully saturated rings. The van der Waals surface area contributed by atoms with E-state index in [9.17, 15) is 0 Å². The minimum Gasteiger partial charge on any atom is -0.330 e. The van der Waals surface area contributed by atoms with Crippen molar-refractivity contribution in [2.45, 2.75) is 25.8 Å². The molecule has 0 heterocycles. The third-order valence-electron chi connectivity index (χ3n) is 1.43. The Hall–Kier alpha value is -0.440. The van der Waals surface area contributed by atoms with Gasteiger partial charge in [-0.2, -0.15) is 0 Å². The Bertz CT molecular complexity index is 227. The van der Waals surface area contributed by atoms with Crippen LogP contribution in [-0.4, -0.2) is 24.6 Å². The maximum Gasteiger partial charge on any atom is 0.0901 e. The molecule has 0 aliphatic carbocycles. The first-order valence-electron chi connectivity index (χ1n) is 4.14. The fourth-order valence-electron chi connectivity index (χ4n) is 0.701. The second-order valence-corrected chi connectivity index (χ2v) is 4.52. The van der Waals surface area contributed by atoms with E-state index in [0.717, 1.165) is 10.9 Å². The molecule has 0 aliphatic heterocycles. The quantitative estimate of drug-likeness (QED) is 0.743. The minimum atomic E-state index is -0.161. The Morgan fingerprint density at radius 1 is 1.62 bits per heavy atom. The van der Waals surface area contributed by atoms with Gasteiger partial charge in [0.05, 0.1) is 18.1 Å². The molecule has 0 saturated heterocycles. The molecule has 0 spiro atoms. The van der Waals surface area contributed by atoms with Gasteiger partial charge in [0.15, 0.2) is 0 Å². The van der Waals surface area contributed by atoms with Gasteiger partial charge >= 0.3 is 0 Å². The molecule has 0 atom stereocenters. The van der Waals surface area contributed by atoms with Gasteiger partial charge in [-0.15, -0.1) is 0 Å². The number of hydrogen-bond donors (Lipinski definition) is 1. The molecule has 0 aromatic heterocycles. The van der Waals surface area contributed by atoms with Crippen LogP contribution in [0.5, 0.6) is 0 Å². The first kappa shape index (κ1) is 12.6. The number of aliphatic imine (C=N–C) groups is 2. The fraction of sp³-hybridized carbons (Fsp3) is 0.667. The summed E-state index contributed by atoms with van der Waals surface area (Å²) in [5, 5.41) is 0. The minimum absolute atomic E-state index is 0.161. The topological polar surface area (TPSA) is 50.7 Å². The number of nitrogens with two attached hydrogens (primary N) is 1. The molecule has 0 bridgehead atoms. The highest BCUT2D eigenvalue weighted by Crippen LogP contribution is 2.11. The van der Waals surface area contributed by atoms with E-state index in [1.54, 1.807) is 0 Å². The van der Waals surface area contributed by atoms with Gasteiger partial charge in [-0.3, -0.25) is 0 Å². The SMILES string of the molecule is C=C(Br)CN=C=NC(C)(C)CCN. The maximum absolute atomic E-state index is 5.43. The molecule has 13 heavy (non-hydrogen) atoms. The van der Waals surface area contributed by atoms with Gasteiger partial charge in [-0.1, -0.05) is 22.5 Å². The van der Waals surface area contributed by atoms with E-state index in [1.165, 1.54) is 0 Å². The summed E-state index contributed by atoms with van der Waals surface area (Å²) in [4.78, 5) is 8.09. The zero-order valence-electron chi connectivity index (χ0n) is 8.18. The van der Waals surface area contributed by atoms with Crippen LogP contribution in [0.2, 0.25) is 0 Å². The van der Waals surface area contributed by atoms with Crippen LogP contribution in [0.15, 0.2) is 21.0 Å². The zero-order valence-corrected chi connectivity index (χ0v) is 9.76. The molecule has 0 aromatic carbocycles. The van der Waals surface area contributed by atoms with Gasteiger partial charge in [0, 0.05) is 4.48 Å². The van der Waals surface area contributed by atoms with E-state index < -0.39 is 0 Å². The van der Waals surface area contributed by atoms with Gasteiger partial charge in [0.1, 0.15) is 0 Å².